The van der Waals surface area contributed by atoms with Crippen LogP contribution in [0.3, 0.4) is 0 Å². The van der Waals surface area contributed by atoms with E-state index in [4.69, 9.17) is 0 Å². The maximum Gasteiger partial charge on any atom is 1.00 e. The molecule has 0 aliphatic rings. The Kier molecular flexibility index (Phi) is 10.6. The van der Waals surface area contributed by atoms with E-state index >= 15 is 0 Å². The smallest absolute Gasteiger partial charge is 0.780 e. The standard InChI is InChI=1S/C8H8NO6P.2Na/c10-9(11)6-5-7-1-3-8(4-2-7)15-16(12,13)14;;/h1-6H,(H2,12,13,14);;/q;2*+1/p-2/b6-5+;;. The van der Waals surface area contributed by atoms with E-state index in [0.29, 0.717) is 5.56 Å². The van der Waals surface area contributed by atoms with Crippen LogP contribution in [0.1, 0.15) is 5.56 Å². The van der Waals surface area contributed by atoms with Gasteiger partial charge in [0.2, 0.25) is 6.20 Å². The molecule has 7 nitrogen and oxygen atoms in total. The van der Waals surface area contributed by atoms with Crippen molar-refractivity contribution < 1.29 is 82.9 Å². The average Bonchev–Trinajstić information content (AvgIpc) is 2.14. The van der Waals surface area contributed by atoms with E-state index in [1.807, 2.05) is 0 Å². The van der Waals surface area contributed by atoms with Gasteiger partial charge in [0, 0.05) is 6.08 Å². The summed E-state index contributed by atoms with van der Waals surface area (Å²) in [7, 11) is -5.06. The molecule has 0 atom stereocenters. The van der Waals surface area contributed by atoms with Crippen LogP contribution in [0.15, 0.2) is 30.5 Å². The largest absolute Gasteiger partial charge is 1.00 e. The normalized spacial score (nSPS) is 10.3. The Hall–Kier alpha value is 0.310. The van der Waals surface area contributed by atoms with Gasteiger partial charge in [-0.1, -0.05) is 12.1 Å². The molecule has 86 valence electrons. The van der Waals surface area contributed by atoms with Crippen molar-refractivity contribution in [3.05, 3.63) is 46.1 Å². The second-order valence-electron chi connectivity index (χ2n) is 2.71. The van der Waals surface area contributed by atoms with Crippen LogP contribution in [0.2, 0.25) is 0 Å². The first-order chi connectivity index (χ1) is 7.37. The van der Waals surface area contributed by atoms with Gasteiger partial charge in [0.1, 0.15) is 13.6 Å². The summed E-state index contributed by atoms with van der Waals surface area (Å²) >= 11 is 0. The number of nitro groups is 1. The number of nitrogens with zero attached hydrogens (tertiary/aromatic N) is 1. The van der Waals surface area contributed by atoms with E-state index in [-0.39, 0.29) is 64.9 Å². The zero-order chi connectivity index (χ0) is 12.2. The van der Waals surface area contributed by atoms with Crippen LogP contribution < -0.4 is 73.4 Å². The van der Waals surface area contributed by atoms with E-state index in [2.05, 4.69) is 4.52 Å². The van der Waals surface area contributed by atoms with Gasteiger partial charge in [0.15, 0.2) is 0 Å². The molecule has 0 saturated heterocycles. The van der Waals surface area contributed by atoms with Gasteiger partial charge in [-0.15, -0.1) is 0 Å². The minimum Gasteiger partial charge on any atom is -0.780 e. The van der Waals surface area contributed by atoms with Crippen molar-refractivity contribution in [3.8, 4) is 5.75 Å². The summed E-state index contributed by atoms with van der Waals surface area (Å²) < 4.78 is 14.3. The molecule has 0 heterocycles. The van der Waals surface area contributed by atoms with Gasteiger partial charge < -0.3 is 18.9 Å². The summed E-state index contributed by atoms with van der Waals surface area (Å²) in [6.45, 7) is 0. The van der Waals surface area contributed by atoms with Crippen LogP contribution in [0, 0.1) is 10.1 Å². The molecule has 0 unspecified atom stereocenters. The van der Waals surface area contributed by atoms with Crippen molar-refractivity contribution >= 4 is 13.9 Å². The van der Waals surface area contributed by atoms with Crippen molar-refractivity contribution in [2.24, 2.45) is 0 Å². The van der Waals surface area contributed by atoms with Crippen LogP contribution in [0.25, 0.3) is 6.08 Å². The Morgan fingerprint density at radius 2 is 1.67 bits per heavy atom. The van der Waals surface area contributed by atoms with Gasteiger partial charge in [-0.25, -0.2) is 0 Å². The molecule has 10 heteroatoms. The van der Waals surface area contributed by atoms with E-state index in [1.165, 1.54) is 30.3 Å². The second kappa shape index (κ2) is 9.25. The second-order valence-corrected chi connectivity index (χ2v) is 3.79. The van der Waals surface area contributed by atoms with Crippen LogP contribution in [-0.4, -0.2) is 4.92 Å². The third-order valence-corrected chi connectivity index (χ3v) is 1.92. The molecule has 1 aromatic carbocycles. The molecule has 1 aromatic rings. The van der Waals surface area contributed by atoms with Crippen molar-refractivity contribution in [1.82, 2.24) is 0 Å². The predicted octanol–water partition coefficient (Wildman–Crippen LogP) is -5.85. The SMILES string of the molecule is O=[N+]([O-])/C=C/c1ccc(OP(=O)([O-])[O-])cc1.[Na+].[Na+]. The molecule has 0 aliphatic carbocycles. The molecule has 0 spiro atoms. The van der Waals surface area contributed by atoms with Gasteiger partial charge in [-0.2, -0.15) is 0 Å². The maximum atomic E-state index is 10.2. The van der Waals surface area contributed by atoms with Gasteiger partial charge in [-0.3, -0.25) is 10.1 Å². The minimum absolute atomic E-state index is 0. The summed E-state index contributed by atoms with van der Waals surface area (Å²) in [4.78, 5) is 29.9. The van der Waals surface area contributed by atoms with Gasteiger partial charge in [0.05, 0.1) is 4.92 Å². The average molecular weight is 289 g/mol. The summed E-state index contributed by atoms with van der Waals surface area (Å²) in [5, 5.41) is 10.0. The molecule has 0 aromatic heterocycles. The molecule has 0 N–H and O–H groups in total. The van der Waals surface area contributed by atoms with Crippen LogP contribution >= 0.6 is 7.82 Å². The van der Waals surface area contributed by atoms with Crippen molar-refractivity contribution in [2.75, 3.05) is 0 Å². The van der Waals surface area contributed by atoms with E-state index in [9.17, 15) is 24.5 Å². The molecule has 0 aliphatic heterocycles. The fourth-order valence-electron chi connectivity index (χ4n) is 0.916. The van der Waals surface area contributed by atoms with Crippen LogP contribution in [0.5, 0.6) is 5.75 Å². The predicted molar refractivity (Wildman–Crippen MR) is 50.7 cm³/mol. The molecule has 0 fully saturated rings. The van der Waals surface area contributed by atoms with Gasteiger partial charge in [0.25, 0.3) is 0 Å². The molecule has 18 heavy (non-hydrogen) atoms. The van der Waals surface area contributed by atoms with E-state index in [1.54, 1.807) is 0 Å². The van der Waals surface area contributed by atoms with Crippen molar-refractivity contribution in [2.45, 2.75) is 0 Å². The fourth-order valence-corrected chi connectivity index (χ4v) is 1.30. The van der Waals surface area contributed by atoms with Gasteiger partial charge in [-0.05, 0) is 17.7 Å². The van der Waals surface area contributed by atoms with Crippen molar-refractivity contribution in [3.63, 3.8) is 0 Å². The summed E-state index contributed by atoms with van der Waals surface area (Å²) in [5.41, 5.74) is 0.482. The number of hydrogen-bond acceptors (Lipinski definition) is 6. The Bertz CT molecular complexity index is 457. The quantitative estimate of drug-likeness (QED) is 0.236. The molecular weight excluding hydrogens is 283 g/mol. The third-order valence-electron chi connectivity index (χ3n) is 1.49. The maximum absolute atomic E-state index is 10.2. The summed E-state index contributed by atoms with van der Waals surface area (Å²) in [5.74, 6) is -0.133. The Morgan fingerprint density at radius 1 is 1.17 bits per heavy atom. The topological polar surface area (TPSA) is 116 Å². The first kappa shape index (κ1) is 20.6. The van der Waals surface area contributed by atoms with Crippen LogP contribution in [-0.2, 0) is 4.57 Å². The number of hydrogen-bond donors (Lipinski definition) is 0. The minimum atomic E-state index is -5.06. The molecule has 0 saturated carbocycles. The first-order valence-corrected chi connectivity index (χ1v) is 5.46. The molecular formula is C8H6NNa2O6P. The van der Waals surface area contributed by atoms with E-state index in [0.717, 1.165) is 6.20 Å². The fraction of sp³-hybridized carbons (Fsp3) is 0. The Morgan fingerprint density at radius 3 is 2.06 bits per heavy atom. The Labute approximate surface area is 147 Å². The van der Waals surface area contributed by atoms with Crippen molar-refractivity contribution in [1.29, 1.82) is 0 Å². The number of benzene rings is 1. The zero-order valence-electron chi connectivity index (χ0n) is 9.81. The molecule has 0 bridgehead atoms. The molecule has 0 amide bonds. The summed E-state index contributed by atoms with van der Waals surface area (Å²) in [6, 6.07) is 5.21. The van der Waals surface area contributed by atoms with Crippen LogP contribution in [0.4, 0.5) is 0 Å². The summed E-state index contributed by atoms with van der Waals surface area (Å²) in [6.07, 6.45) is 1.96. The monoisotopic (exact) mass is 289 g/mol. The third kappa shape index (κ3) is 9.27. The van der Waals surface area contributed by atoms with Gasteiger partial charge >= 0.3 is 59.1 Å². The number of phosphoric ester groups is 1. The Balaban J connectivity index is 0. The first-order valence-electron chi connectivity index (χ1n) is 4.00. The number of phosphoric acid groups is 1. The van der Waals surface area contributed by atoms with E-state index < -0.39 is 12.7 Å². The number of rotatable bonds is 4. The zero-order valence-corrected chi connectivity index (χ0v) is 14.7. The molecule has 0 radical (unpaired) electrons. The molecule has 1 rings (SSSR count).